The van der Waals surface area contributed by atoms with Crippen molar-refractivity contribution in [1.29, 1.82) is 0 Å². The summed E-state index contributed by atoms with van der Waals surface area (Å²) >= 11 is 0. The molecule has 0 radical (unpaired) electrons. The van der Waals surface area contributed by atoms with Gasteiger partial charge in [-0.1, -0.05) is 12.1 Å². The first kappa shape index (κ1) is 13.5. The molecular weight excluding hydrogens is 220 g/mol. The van der Waals surface area contributed by atoms with E-state index in [4.69, 9.17) is 9.47 Å². The molecule has 0 saturated heterocycles. The Balaban J connectivity index is 2.84. The highest BCUT2D eigenvalue weighted by molar-refractivity contribution is 5.71. The van der Waals surface area contributed by atoms with Gasteiger partial charge in [0.2, 0.25) is 0 Å². The molecule has 0 saturated carbocycles. The topological polar surface area (TPSA) is 55.8 Å². The zero-order valence-electron chi connectivity index (χ0n) is 10.4. The van der Waals surface area contributed by atoms with Crippen molar-refractivity contribution in [3.63, 3.8) is 0 Å². The van der Waals surface area contributed by atoms with Crippen LogP contribution in [0.25, 0.3) is 0 Å². The lowest BCUT2D eigenvalue weighted by Gasteiger charge is -2.23. The number of ether oxygens (including phenoxy) is 2. The van der Waals surface area contributed by atoms with Crippen molar-refractivity contribution in [1.82, 2.24) is 0 Å². The average Bonchev–Trinajstić information content (AvgIpc) is 2.28. The minimum absolute atomic E-state index is 0.0754. The fraction of sp³-hybridized carbons (Fsp3) is 0.462. The third kappa shape index (κ3) is 3.75. The SMILES string of the molecule is CCOC(=O)CC(C)(O)c1cccc(OC)c1. The molecule has 17 heavy (non-hydrogen) atoms. The van der Waals surface area contributed by atoms with Gasteiger partial charge in [-0.25, -0.2) is 0 Å². The third-order valence-corrected chi connectivity index (χ3v) is 2.49. The molecular formula is C13H18O4. The van der Waals surface area contributed by atoms with Gasteiger partial charge >= 0.3 is 5.97 Å². The van der Waals surface area contributed by atoms with Gasteiger partial charge in [0.05, 0.1) is 25.7 Å². The van der Waals surface area contributed by atoms with Crippen LogP contribution in [0.4, 0.5) is 0 Å². The van der Waals surface area contributed by atoms with Gasteiger partial charge in [-0.3, -0.25) is 4.79 Å². The molecule has 1 aromatic carbocycles. The van der Waals surface area contributed by atoms with Crippen LogP contribution in [0.2, 0.25) is 0 Å². The first-order valence-electron chi connectivity index (χ1n) is 5.52. The van der Waals surface area contributed by atoms with E-state index in [1.165, 1.54) is 0 Å². The summed E-state index contributed by atoms with van der Waals surface area (Å²) in [4.78, 5) is 11.4. The summed E-state index contributed by atoms with van der Waals surface area (Å²) in [7, 11) is 1.55. The van der Waals surface area contributed by atoms with Gasteiger partial charge in [-0.15, -0.1) is 0 Å². The second-order valence-electron chi connectivity index (χ2n) is 3.99. The number of methoxy groups -OCH3 is 1. The van der Waals surface area contributed by atoms with Crippen LogP contribution in [-0.4, -0.2) is 24.8 Å². The summed E-state index contributed by atoms with van der Waals surface area (Å²) in [6.45, 7) is 3.63. The van der Waals surface area contributed by atoms with Crippen LogP contribution in [0, 0.1) is 0 Å². The predicted molar refractivity (Wildman–Crippen MR) is 63.8 cm³/mol. The van der Waals surface area contributed by atoms with Gasteiger partial charge in [0.25, 0.3) is 0 Å². The Bertz CT molecular complexity index is 385. The molecule has 94 valence electrons. The van der Waals surface area contributed by atoms with Crippen molar-refractivity contribution in [3.05, 3.63) is 29.8 Å². The van der Waals surface area contributed by atoms with E-state index in [0.717, 1.165) is 0 Å². The second kappa shape index (κ2) is 5.68. The zero-order chi connectivity index (χ0) is 12.9. The van der Waals surface area contributed by atoms with Crippen LogP contribution in [0.1, 0.15) is 25.8 Å². The van der Waals surface area contributed by atoms with Gasteiger partial charge in [0, 0.05) is 0 Å². The van der Waals surface area contributed by atoms with Gasteiger partial charge in [0.15, 0.2) is 0 Å². The molecule has 0 fully saturated rings. The maximum absolute atomic E-state index is 11.4. The molecule has 1 rings (SSSR count). The van der Waals surface area contributed by atoms with Gasteiger partial charge in [0.1, 0.15) is 5.75 Å². The molecule has 0 heterocycles. The minimum Gasteiger partial charge on any atom is -0.497 e. The van der Waals surface area contributed by atoms with Crippen LogP contribution >= 0.6 is 0 Å². The molecule has 4 nitrogen and oxygen atoms in total. The van der Waals surface area contributed by atoms with Crippen LogP contribution in [0.3, 0.4) is 0 Å². The molecule has 0 aliphatic carbocycles. The second-order valence-corrected chi connectivity index (χ2v) is 3.99. The van der Waals surface area contributed by atoms with Gasteiger partial charge < -0.3 is 14.6 Å². The normalized spacial score (nSPS) is 13.9. The molecule has 0 aliphatic heterocycles. The van der Waals surface area contributed by atoms with Crippen molar-refractivity contribution in [2.75, 3.05) is 13.7 Å². The standard InChI is InChI=1S/C13H18O4/c1-4-17-12(14)9-13(2,15)10-6-5-7-11(8-10)16-3/h5-8,15H,4,9H2,1-3H3. The van der Waals surface area contributed by atoms with E-state index in [1.807, 2.05) is 0 Å². The monoisotopic (exact) mass is 238 g/mol. The zero-order valence-corrected chi connectivity index (χ0v) is 10.4. The Labute approximate surface area is 101 Å². The van der Waals surface area contributed by atoms with Gasteiger partial charge in [-0.2, -0.15) is 0 Å². The molecule has 1 aromatic rings. The summed E-state index contributed by atoms with van der Waals surface area (Å²) < 4.78 is 9.90. The van der Waals surface area contributed by atoms with Crippen molar-refractivity contribution >= 4 is 5.97 Å². The Morgan fingerprint density at radius 1 is 1.47 bits per heavy atom. The maximum Gasteiger partial charge on any atom is 0.309 e. The van der Waals surface area contributed by atoms with Crippen LogP contribution in [0.15, 0.2) is 24.3 Å². The van der Waals surface area contributed by atoms with E-state index in [0.29, 0.717) is 17.9 Å². The predicted octanol–water partition coefficient (Wildman–Crippen LogP) is 1.86. The number of hydrogen-bond acceptors (Lipinski definition) is 4. The smallest absolute Gasteiger partial charge is 0.309 e. The molecule has 1 unspecified atom stereocenters. The number of carbonyl (C=O) groups excluding carboxylic acids is 1. The molecule has 4 heteroatoms. The summed E-state index contributed by atoms with van der Waals surface area (Å²) in [5, 5.41) is 10.2. The average molecular weight is 238 g/mol. The number of benzene rings is 1. The van der Waals surface area contributed by atoms with Crippen LogP contribution < -0.4 is 4.74 Å². The molecule has 0 bridgehead atoms. The quantitative estimate of drug-likeness (QED) is 0.795. The largest absolute Gasteiger partial charge is 0.497 e. The van der Waals surface area contributed by atoms with E-state index in [1.54, 1.807) is 45.2 Å². The van der Waals surface area contributed by atoms with E-state index >= 15 is 0 Å². The Morgan fingerprint density at radius 2 is 2.18 bits per heavy atom. The van der Waals surface area contributed by atoms with E-state index < -0.39 is 11.6 Å². The molecule has 0 spiro atoms. The molecule has 0 amide bonds. The van der Waals surface area contributed by atoms with Crippen molar-refractivity contribution < 1.29 is 19.4 Å². The summed E-state index contributed by atoms with van der Waals surface area (Å²) in [5.41, 5.74) is -0.620. The molecule has 1 atom stereocenters. The lowest BCUT2D eigenvalue weighted by atomic mass is 9.92. The highest BCUT2D eigenvalue weighted by Gasteiger charge is 2.27. The van der Waals surface area contributed by atoms with Crippen LogP contribution in [0.5, 0.6) is 5.75 Å². The summed E-state index contributed by atoms with van der Waals surface area (Å²) in [6, 6.07) is 7.01. The lowest BCUT2D eigenvalue weighted by Crippen LogP contribution is -2.26. The first-order valence-corrected chi connectivity index (χ1v) is 5.52. The fourth-order valence-corrected chi connectivity index (χ4v) is 1.55. The molecule has 0 aliphatic rings. The highest BCUT2D eigenvalue weighted by atomic mass is 16.5. The number of esters is 1. The fourth-order valence-electron chi connectivity index (χ4n) is 1.55. The number of hydrogen-bond donors (Lipinski definition) is 1. The number of aliphatic hydroxyl groups is 1. The summed E-state index contributed by atoms with van der Waals surface area (Å²) in [6.07, 6.45) is -0.0754. The molecule has 0 aromatic heterocycles. The number of rotatable bonds is 5. The molecule has 1 N–H and O–H groups in total. The number of carbonyl (C=O) groups is 1. The Morgan fingerprint density at radius 3 is 2.76 bits per heavy atom. The van der Waals surface area contributed by atoms with Crippen molar-refractivity contribution in [2.45, 2.75) is 25.9 Å². The van der Waals surface area contributed by atoms with Crippen molar-refractivity contribution in [3.8, 4) is 5.75 Å². The first-order chi connectivity index (χ1) is 7.99. The van der Waals surface area contributed by atoms with Crippen LogP contribution in [-0.2, 0) is 15.1 Å². The Hall–Kier alpha value is -1.55. The maximum atomic E-state index is 11.4. The third-order valence-electron chi connectivity index (χ3n) is 2.49. The lowest BCUT2D eigenvalue weighted by molar-refractivity contribution is -0.148. The highest BCUT2D eigenvalue weighted by Crippen LogP contribution is 2.27. The van der Waals surface area contributed by atoms with Gasteiger partial charge in [-0.05, 0) is 31.5 Å². The van der Waals surface area contributed by atoms with E-state index in [-0.39, 0.29) is 6.42 Å². The van der Waals surface area contributed by atoms with E-state index in [2.05, 4.69) is 0 Å². The minimum atomic E-state index is -1.25. The Kier molecular flexibility index (Phi) is 4.52. The summed E-state index contributed by atoms with van der Waals surface area (Å²) in [5.74, 6) is 0.229. The van der Waals surface area contributed by atoms with E-state index in [9.17, 15) is 9.90 Å². The van der Waals surface area contributed by atoms with Crippen molar-refractivity contribution in [2.24, 2.45) is 0 Å².